The number of hydrogen-bond acceptors (Lipinski definition) is 4. The second kappa shape index (κ2) is 7.35. The largest absolute Gasteiger partial charge is 0.331 e. The number of pyridine rings is 1. The number of aromatic nitrogens is 3. The van der Waals surface area contributed by atoms with E-state index >= 15 is 0 Å². The quantitative estimate of drug-likeness (QED) is 0.582. The molecule has 0 radical (unpaired) electrons. The third kappa shape index (κ3) is 3.20. The maximum absolute atomic E-state index is 12.8. The van der Waals surface area contributed by atoms with Gasteiger partial charge in [0.2, 0.25) is 5.91 Å². The first-order chi connectivity index (χ1) is 14.0. The van der Waals surface area contributed by atoms with E-state index in [1.807, 2.05) is 31.2 Å². The van der Waals surface area contributed by atoms with Gasteiger partial charge in [-0.2, -0.15) is 0 Å². The van der Waals surface area contributed by atoms with Gasteiger partial charge in [-0.05, 0) is 49.7 Å². The Morgan fingerprint density at radius 1 is 1.00 bits per heavy atom. The first-order valence-electron chi connectivity index (χ1n) is 9.38. The molecule has 1 amide bonds. The Morgan fingerprint density at radius 2 is 1.76 bits per heavy atom. The zero-order valence-corrected chi connectivity index (χ0v) is 16.2. The summed E-state index contributed by atoms with van der Waals surface area (Å²) in [5.41, 5.74) is 2.05. The summed E-state index contributed by atoms with van der Waals surface area (Å²) in [5.74, 6) is -0.354. The van der Waals surface area contributed by atoms with Crippen molar-refractivity contribution in [2.45, 2.75) is 26.9 Å². The van der Waals surface area contributed by atoms with E-state index in [1.54, 1.807) is 37.4 Å². The Bertz CT molecular complexity index is 1370. The molecule has 0 bridgehead atoms. The van der Waals surface area contributed by atoms with Crippen LogP contribution >= 0.6 is 0 Å². The Hall–Kier alpha value is -3.74. The Kier molecular flexibility index (Phi) is 4.72. The van der Waals surface area contributed by atoms with E-state index in [2.05, 4.69) is 10.3 Å². The molecule has 7 nitrogen and oxygen atoms in total. The van der Waals surface area contributed by atoms with Gasteiger partial charge in [-0.15, -0.1) is 0 Å². The van der Waals surface area contributed by atoms with Gasteiger partial charge in [0.1, 0.15) is 6.54 Å². The highest BCUT2D eigenvalue weighted by molar-refractivity contribution is 6.02. The van der Waals surface area contributed by atoms with Crippen molar-refractivity contribution in [1.82, 2.24) is 14.1 Å². The smallest absolute Gasteiger partial charge is 0.324 e. The zero-order chi connectivity index (χ0) is 20.5. The van der Waals surface area contributed by atoms with Crippen molar-refractivity contribution in [3.05, 3.63) is 81.1 Å². The van der Waals surface area contributed by atoms with Crippen LogP contribution in [0, 0.1) is 6.92 Å². The van der Waals surface area contributed by atoms with Gasteiger partial charge in [-0.3, -0.25) is 23.7 Å². The van der Waals surface area contributed by atoms with Gasteiger partial charge in [0.15, 0.2) is 0 Å². The highest BCUT2D eigenvalue weighted by Crippen LogP contribution is 2.24. The predicted octanol–water partition coefficient (Wildman–Crippen LogP) is 2.68. The number of para-hydroxylation sites is 1. The molecule has 0 saturated heterocycles. The summed E-state index contributed by atoms with van der Waals surface area (Å²) in [6.07, 6.45) is 1.71. The molecule has 29 heavy (non-hydrogen) atoms. The van der Waals surface area contributed by atoms with E-state index in [-0.39, 0.29) is 24.6 Å². The summed E-state index contributed by atoms with van der Waals surface area (Å²) in [5, 5.41) is 4.12. The van der Waals surface area contributed by atoms with Gasteiger partial charge in [-0.1, -0.05) is 18.2 Å². The second-order valence-electron chi connectivity index (χ2n) is 6.81. The number of rotatable bonds is 4. The van der Waals surface area contributed by atoms with Crippen LogP contribution in [0.5, 0.6) is 0 Å². The van der Waals surface area contributed by atoms with Crippen molar-refractivity contribution in [2.24, 2.45) is 0 Å². The summed E-state index contributed by atoms with van der Waals surface area (Å²) >= 11 is 0. The van der Waals surface area contributed by atoms with Crippen LogP contribution in [0.25, 0.3) is 21.8 Å². The molecular formula is C22H20N4O3. The van der Waals surface area contributed by atoms with Gasteiger partial charge in [0, 0.05) is 18.1 Å². The molecule has 2 aromatic heterocycles. The summed E-state index contributed by atoms with van der Waals surface area (Å²) in [6.45, 7) is 3.72. The Balaban J connectivity index is 1.75. The lowest BCUT2D eigenvalue weighted by atomic mass is 10.1. The summed E-state index contributed by atoms with van der Waals surface area (Å²) in [4.78, 5) is 42.5. The van der Waals surface area contributed by atoms with Gasteiger partial charge in [-0.25, -0.2) is 4.79 Å². The van der Waals surface area contributed by atoms with Crippen LogP contribution in [-0.2, 0) is 17.9 Å². The molecule has 146 valence electrons. The monoisotopic (exact) mass is 388 g/mol. The Labute approximate surface area is 166 Å². The van der Waals surface area contributed by atoms with Crippen molar-refractivity contribution in [3.8, 4) is 0 Å². The molecule has 0 saturated carbocycles. The SMILES string of the molecule is CCn1c(=O)c2ccccc2n(CC(=O)Nc2ccc(C)c3ncccc23)c1=O. The summed E-state index contributed by atoms with van der Waals surface area (Å²) in [6, 6.07) is 14.2. The minimum absolute atomic E-state index is 0.199. The van der Waals surface area contributed by atoms with Crippen LogP contribution in [0.4, 0.5) is 5.69 Å². The molecule has 0 aliphatic rings. The number of aryl methyl sites for hydroxylation is 1. The van der Waals surface area contributed by atoms with Crippen molar-refractivity contribution in [2.75, 3.05) is 5.32 Å². The second-order valence-corrected chi connectivity index (χ2v) is 6.81. The minimum atomic E-state index is -0.498. The lowest BCUT2D eigenvalue weighted by Gasteiger charge is -2.14. The normalized spacial score (nSPS) is 11.1. The fourth-order valence-electron chi connectivity index (χ4n) is 3.56. The van der Waals surface area contributed by atoms with Crippen LogP contribution in [0.3, 0.4) is 0 Å². The molecule has 0 fully saturated rings. The van der Waals surface area contributed by atoms with E-state index in [4.69, 9.17) is 0 Å². The molecule has 0 unspecified atom stereocenters. The lowest BCUT2D eigenvalue weighted by molar-refractivity contribution is -0.116. The first-order valence-corrected chi connectivity index (χ1v) is 9.38. The molecule has 2 aromatic carbocycles. The molecule has 0 spiro atoms. The maximum Gasteiger partial charge on any atom is 0.331 e. The highest BCUT2D eigenvalue weighted by atomic mass is 16.2. The minimum Gasteiger partial charge on any atom is -0.324 e. The van der Waals surface area contributed by atoms with Gasteiger partial charge in [0.05, 0.1) is 22.1 Å². The lowest BCUT2D eigenvalue weighted by Crippen LogP contribution is -2.41. The molecule has 0 aliphatic heterocycles. The molecule has 2 heterocycles. The van der Waals surface area contributed by atoms with Gasteiger partial charge < -0.3 is 5.32 Å². The van der Waals surface area contributed by atoms with Gasteiger partial charge >= 0.3 is 5.69 Å². The molecular weight excluding hydrogens is 368 g/mol. The molecule has 0 aliphatic carbocycles. The number of nitrogens with zero attached hydrogens (tertiary/aromatic N) is 3. The van der Waals surface area contributed by atoms with Crippen LogP contribution < -0.4 is 16.6 Å². The van der Waals surface area contributed by atoms with Crippen LogP contribution in [0.1, 0.15) is 12.5 Å². The molecule has 4 rings (SSSR count). The number of carbonyl (C=O) groups is 1. The summed E-state index contributed by atoms with van der Waals surface area (Å²) in [7, 11) is 0. The summed E-state index contributed by atoms with van der Waals surface area (Å²) < 4.78 is 2.48. The number of nitrogens with one attached hydrogen (secondary N) is 1. The molecule has 4 aromatic rings. The third-order valence-corrected chi connectivity index (χ3v) is 5.00. The highest BCUT2D eigenvalue weighted by Gasteiger charge is 2.15. The molecule has 1 N–H and O–H groups in total. The van der Waals surface area contributed by atoms with Crippen LogP contribution in [0.15, 0.2) is 64.3 Å². The third-order valence-electron chi connectivity index (χ3n) is 5.00. The van der Waals surface area contributed by atoms with E-state index in [0.29, 0.717) is 16.6 Å². The van der Waals surface area contributed by atoms with E-state index in [0.717, 1.165) is 21.0 Å². The topological polar surface area (TPSA) is 86.0 Å². The standard InChI is InChI=1S/C22H20N4O3/c1-3-25-21(28)16-7-4-5-9-18(16)26(22(25)29)13-19(27)24-17-11-10-14(2)20-15(17)8-6-12-23-20/h4-12H,3,13H2,1-2H3,(H,24,27). The zero-order valence-electron chi connectivity index (χ0n) is 16.2. The van der Waals surface area contributed by atoms with Crippen LogP contribution in [-0.4, -0.2) is 20.0 Å². The number of anilines is 1. The molecule has 0 atom stereocenters. The van der Waals surface area contributed by atoms with Crippen molar-refractivity contribution < 1.29 is 4.79 Å². The average Bonchev–Trinajstić information content (AvgIpc) is 2.74. The fraction of sp³-hybridized carbons (Fsp3) is 0.182. The fourth-order valence-corrected chi connectivity index (χ4v) is 3.56. The maximum atomic E-state index is 12.8. The van der Waals surface area contributed by atoms with Crippen molar-refractivity contribution >= 4 is 33.4 Å². The Morgan fingerprint density at radius 3 is 2.55 bits per heavy atom. The first kappa shape index (κ1) is 18.6. The average molecular weight is 388 g/mol. The van der Waals surface area contributed by atoms with E-state index in [1.165, 1.54) is 4.57 Å². The predicted molar refractivity (Wildman–Crippen MR) is 113 cm³/mol. The van der Waals surface area contributed by atoms with Gasteiger partial charge in [0.25, 0.3) is 5.56 Å². The number of carbonyl (C=O) groups excluding carboxylic acids is 1. The van der Waals surface area contributed by atoms with E-state index < -0.39 is 5.69 Å². The number of benzene rings is 2. The molecule has 7 heteroatoms. The van der Waals surface area contributed by atoms with Crippen molar-refractivity contribution in [1.29, 1.82) is 0 Å². The van der Waals surface area contributed by atoms with E-state index in [9.17, 15) is 14.4 Å². The number of fused-ring (bicyclic) bond motifs is 2. The van der Waals surface area contributed by atoms with Crippen molar-refractivity contribution in [3.63, 3.8) is 0 Å². The number of hydrogen-bond donors (Lipinski definition) is 1. The van der Waals surface area contributed by atoms with Crippen LogP contribution in [0.2, 0.25) is 0 Å². The number of amides is 1.